The van der Waals surface area contributed by atoms with Crippen LogP contribution in [0.1, 0.15) is 12.0 Å². The Bertz CT molecular complexity index is 342. The first-order chi connectivity index (χ1) is 8.88. The molecule has 0 atom stereocenters. The monoisotopic (exact) mass is 349 g/mol. The van der Waals surface area contributed by atoms with E-state index >= 15 is 0 Å². The summed E-state index contributed by atoms with van der Waals surface area (Å²) in [4.78, 5) is 2.42. The molecule has 1 aliphatic rings. The van der Waals surface area contributed by atoms with Gasteiger partial charge in [0.1, 0.15) is 5.75 Å². The van der Waals surface area contributed by atoms with Gasteiger partial charge in [-0.05, 0) is 24.1 Å². The molecule has 0 aromatic heterocycles. The van der Waals surface area contributed by atoms with Crippen LogP contribution in [-0.2, 0) is 11.3 Å². The SMILES string of the molecule is BrCCCOc1ccc(CN2CCOCC2)cc1.Cl. The van der Waals surface area contributed by atoms with E-state index in [0.29, 0.717) is 0 Å². The van der Waals surface area contributed by atoms with E-state index in [1.807, 2.05) is 0 Å². The Labute approximate surface area is 129 Å². The number of rotatable bonds is 6. The van der Waals surface area contributed by atoms with Gasteiger partial charge in [0.25, 0.3) is 0 Å². The van der Waals surface area contributed by atoms with Crippen LogP contribution in [0, 0.1) is 0 Å². The molecule has 3 nitrogen and oxygen atoms in total. The van der Waals surface area contributed by atoms with Crippen LogP contribution in [0.15, 0.2) is 24.3 Å². The van der Waals surface area contributed by atoms with E-state index in [1.165, 1.54) is 5.56 Å². The van der Waals surface area contributed by atoms with Crippen LogP contribution in [0.2, 0.25) is 0 Å². The van der Waals surface area contributed by atoms with Crippen molar-refractivity contribution in [2.45, 2.75) is 13.0 Å². The standard InChI is InChI=1S/C14H20BrNO2.ClH/c15-6-1-9-18-14-4-2-13(3-5-14)12-16-7-10-17-11-8-16;/h2-5H,1,6-12H2;1H. The number of hydrogen-bond acceptors (Lipinski definition) is 3. The van der Waals surface area contributed by atoms with Gasteiger partial charge < -0.3 is 9.47 Å². The molecule has 0 N–H and O–H groups in total. The number of ether oxygens (including phenoxy) is 2. The molecule has 1 heterocycles. The zero-order chi connectivity index (χ0) is 12.6. The highest BCUT2D eigenvalue weighted by molar-refractivity contribution is 9.09. The fraction of sp³-hybridized carbons (Fsp3) is 0.571. The maximum Gasteiger partial charge on any atom is 0.119 e. The Morgan fingerprint density at radius 2 is 1.84 bits per heavy atom. The lowest BCUT2D eigenvalue weighted by Crippen LogP contribution is -2.35. The fourth-order valence-corrected chi connectivity index (χ4v) is 2.18. The van der Waals surface area contributed by atoms with Gasteiger partial charge in [-0.2, -0.15) is 0 Å². The van der Waals surface area contributed by atoms with Gasteiger partial charge in [-0.25, -0.2) is 0 Å². The lowest BCUT2D eigenvalue weighted by molar-refractivity contribution is 0.0342. The summed E-state index contributed by atoms with van der Waals surface area (Å²) in [6.07, 6.45) is 1.04. The smallest absolute Gasteiger partial charge is 0.119 e. The van der Waals surface area contributed by atoms with Gasteiger partial charge >= 0.3 is 0 Å². The van der Waals surface area contributed by atoms with Crippen molar-refractivity contribution in [1.82, 2.24) is 4.90 Å². The summed E-state index contributed by atoms with van der Waals surface area (Å²) in [6, 6.07) is 8.42. The molecule has 0 saturated carbocycles. The second-order valence-corrected chi connectivity index (χ2v) is 5.22. The van der Waals surface area contributed by atoms with Gasteiger partial charge in [-0.3, -0.25) is 4.90 Å². The zero-order valence-electron chi connectivity index (χ0n) is 11.0. The summed E-state index contributed by atoms with van der Waals surface area (Å²) < 4.78 is 11.0. The summed E-state index contributed by atoms with van der Waals surface area (Å²) in [5.74, 6) is 0.960. The Balaban J connectivity index is 0.00000180. The van der Waals surface area contributed by atoms with E-state index in [0.717, 1.165) is 57.0 Å². The van der Waals surface area contributed by atoms with Crippen LogP contribution in [-0.4, -0.2) is 43.1 Å². The minimum Gasteiger partial charge on any atom is -0.494 e. The third kappa shape index (κ3) is 6.13. The van der Waals surface area contributed by atoms with Crippen LogP contribution in [0.4, 0.5) is 0 Å². The molecule has 1 aromatic carbocycles. The molecule has 1 aromatic rings. The maximum absolute atomic E-state index is 5.63. The normalized spacial score (nSPS) is 15.8. The van der Waals surface area contributed by atoms with Crippen molar-refractivity contribution in [3.8, 4) is 5.75 Å². The minimum atomic E-state index is 0. The lowest BCUT2D eigenvalue weighted by atomic mass is 10.2. The van der Waals surface area contributed by atoms with Crippen LogP contribution in [0.5, 0.6) is 5.75 Å². The number of alkyl halides is 1. The second-order valence-electron chi connectivity index (χ2n) is 4.42. The van der Waals surface area contributed by atoms with Crippen molar-refractivity contribution >= 4 is 28.3 Å². The van der Waals surface area contributed by atoms with E-state index in [2.05, 4.69) is 45.1 Å². The van der Waals surface area contributed by atoms with Crippen molar-refractivity contribution in [2.24, 2.45) is 0 Å². The molecule has 1 fully saturated rings. The van der Waals surface area contributed by atoms with Crippen LogP contribution in [0.3, 0.4) is 0 Å². The maximum atomic E-state index is 5.63. The van der Waals surface area contributed by atoms with E-state index < -0.39 is 0 Å². The third-order valence-electron chi connectivity index (χ3n) is 2.98. The van der Waals surface area contributed by atoms with Gasteiger partial charge in [0, 0.05) is 25.0 Å². The Morgan fingerprint density at radius 3 is 2.47 bits per heavy atom. The summed E-state index contributed by atoms with van der Waals surface area (Å²) in [5.41, 5.74) is 1.34. The number of hydrogen-bond donors (Lipinski definition) is 0. The molecule has 0 spiro atoms. The first-order valence-electron chi connectivity index (χ1n) is 6.46. The Hall–Kier alpha value is -0.290. The first-order valence-corrected chi connectivity index (χ1v) is 7.58. The van der Waals surface area contributed by atoms with Gasteiger partial charge in [0.15, 0.2) is 0 Å². The number of morpholine rings is 1. The average Bonchev–Trinajstić information content (AvgIpc) is 2.42. The molecule has 0 radical (unpaired) electrons. The molecular formula is C14H21BrClNO2. The van der Waals surface area contributed by atoms with E-state index in [-0.39, 0.29) is 12.4 Å². The molecule has 2 rings (SSSR count). The van der Waals surface area contributed by atoms with Crippen LogP contribution < -0.4 is 4.74 Å². The van der Waals surface area contributed by atoms with E-state index in [9.17, 15) is 0 Å². The van der Waals surface area contributed by atoms with Crippen molar-refractivity contribution in [3.05, 3.63) is 29.8 Å². The molecule has 19 heavy (non-hydrogen) atoms. The molecule has 0 unspecified atom stereocenters. The van der Waals surface area contributed by atoms with E-state index in [1.54, 1.807) is 0 Å². The van der Waals surface area contributed by atoms with Crippen molar-refractivity contribution < 1.29 is 9.47 Å². The largest absolute Gasteiger partial charge is 0.494 e. The van der Waals surface area contributed by atoms with Crippen molar-refractivity contribution in [3.63, 3.8) is 0 Å². The predicted molar refractivity (Wildman–Crippen MR) is 83.7 cm³/mol. The highest BCUT2D eigenvalue weighted by Gasteiger charge is 2.10. The highest BCUT2D eigenvalue weighted by Crippen LogP contribution is 2.14. The first kappa shape index (κ1) is 16.8. The highest BCUT2D eigenvalue weighted by atomic mass is 79.9. The summed E-state index contributed by atoms with van der Waals surface area (Å²) in [6.45, 7) is 5.55. The predicted octanol–water partition coefficient (Wildman–Crippen LogP) is 3.10. The second kappa shape index (κ2) is 9.59. The third-order valence-corrected chi connectivity index (χ3v) is 3.54. The summed E-state index contributed by atoms with van der Waals surface area (Å²) in [5, 5.41) is 0.988. The van der Waals surface area contributed by atoms with Crippen LogP contribution >= 0.6 is 28.3 Å². The van der Waals surface area contributed by atoms with Gasteiger partial charge in [-0.15, -0.1) is 12.4 Å². The number of nitrogens with zero attached hydrogens (tertiary/aromatic N) is 1. The quantitative estimate of drug-likeness (QED) is 0.581. The molecule has 0 aliphatic carbocycles. The zero-order valence-corrected chi connectivity index (χ0v) is 13.4. The van der Waals surface area contributed by atoms with Gasteiger partial charge in [0.2, 0.25) is 0 Å². The summed E-state index contributed by atoms with van der Waals surface area (Å²) >= 11 is 3.39. The molecule has 1 aliphatic heterocycles. The molecule has 108 valence electrons. The Morgan fingerprint density at radius 1 is 1.16 bits per heavy atom. The van der Waals surface area contributed by atoms with Gasteiger partial charge in [-0.1, -0.05) is 28.1 Å². The van der Waals surface area contributed by atoms with Crippen molar-refractivity contribution in [2.75, 3.05) is 38.2 Å². The Kier molecular flexibility index (Phi) is 8.46. The van der Waals surface area contributed by atoms with Crippen LogP contribution in [0.25, 0.3) is 0 Å². The topological polar surface area (TPSA) is 21.7 Å². The molecule has 0 bridgehead atoms. The summed E-state index contributed by atoms with van der Waals surface area (Å²) in [7, 11) is 0. The lowest BCUT2D eigenvalue weighted by Gasteiger charge is -2.26. The fourth-order valence-electron chi connectivity index (χ4n) is 1.95. The molecule has 0 amide bonds. The van der Waals surface area contributed by atoms with E-state index in [4.69, 9.17) is 9.47 Å². The molecular weight excluding hydrogens is 330 g/mol. The molecule has 5 heteroatoms. The number of halogens is 2. The molecule has 1 saturated heterocycles. The van der Waals surface area contributed by atoms with Gasteiger partial charge in [0.05, 0.1) is 19.8 Å². The van der Waals surface area contributed by atoms with Crippen molar-refractivity contribution in [1.29, 1.82) is 0 Å². The minimum absolute atomic E-state index is 0. The number of benzene rings is 1. The average molecular weight is 351 g/mol.